The van der Waals surface area contributed by atoms with E-state index in [2.05, 4.69) is 5.32 Å². The number of fused-ring (bicyclic) bond motifs is 1. The average molecular weight is 401 g/mol. The third-order valence-corrected chi connectivity index (χ3v) is 5.58. The number of hydrogen-bond donors (Lipinski definition) is 1. The summed E-state index contributed by atoms with van der Waals surface area (Å²) < 4.78 is 0. The van der Waals surface area contributed by atoms with Crippen LogP contribution in [0, 0.1) is 17.0 Å². The normalized spacial score (nSPS) is 17.9. The highest BCUT2D eigenvalue weighted by atomic mass is 16.6. The molecule has 1 aliphatic heterocycles. The third kappa shape index (κ3) is 3.64. The second kappa shape index (κ2) is 7.99. The fraction of sp³-hybridized carbons (Fsp3) is 0.208. The lowest BCUT2D eigenvalue weighted by Crippen LogP contribution is -2.44. The number of amides is 1. The molecule has 3 aromatic rings. The minimum absolute atomic E-state index is 0.0394. The molecule has 0 unspecified atom stereocenters. The van der Waals surface area contributed by atoms with Gasteiger partial charge in [-0.1, -0.05) is 42.5 Å². The molecule has 4 rings (SSSR count). The number of rotatable bonds is 4. The summed E-state index contributed by atoms with van der Waals surface area (Å²) >= 11 is 0. The molecule has 1 N–H and O–H groups in total. The molecule has 0 aromatic heterocycles. The zero-order valence-corrected chi connectivity index (χ0v) is 16.9. The first-order chi connectivity index (χ1) is 14.5. The molecule has 152 valence electrons. The van der Waals surface area contributed by atoms with Crippen molar-refractivity contribution in [3.63, 3.8) is 0 Å². The predicted octanol–water partition coefficient (Wildman–Crippen LogP) is 5.50. The van der Waals surface area contributed by atoms with E-state index in [-0.39, 0.29) is 23.7 Å². The fourth-order valence-corrected chi connectivity index (χ4v) is 4.07. The maximum atomic E-state index is 13.4. The Labute approximate surface area is 175 Å². The van der Waals surface area contributed by atoms with Crippen molar-refractivity contribution in [3.05, 3.63) is 99.6 Å². The minimum atomic E-state index is -0.445. The van der Waals surface area contributed by atoms with Crippen LogP contribution in [0.4, 0.5) is 17.1 Å². The molecule has 2 atom stereocenters. The summed E-state index contributed by atoms with van der Waals surface area (Å²) in [7, 11) is 0. The van der Waals surface area contributed by atoms with E-state index >= 15 is 0 Å². The van der Waals surface area contributed by atoms with Gasteiger partial charge in [0.15, 0.2) is 0 Å². The highest BCUT2D eigenvalue weighted by molar-refractivity contribution is 6.07. The summed E-state index contributed by atoms with van der Waals surface area (Å²) in [6, 6.07) is 22.5. The number of nitro benzene ring substituents is 1. The highest BCUT2D eigenvalue weighted by Gasteiger charge is 2.34. The lowest BCUT2D eigenvalue weighted by Gasteiger charge is -2.40. The molecule has 0 bridgehead atoms. The molecule has 0 spiro atoms. The standard InChI is InChI=1S/C24H23N3O3/c1-16-12-13-18(15-23(16)27(29)30)24(28)26-17(2)14-21(20-10-6-7-11-22(20)26)25-19-8-4-3-5-9-19/h3-13,15,17,21,25H,14H2,1-2H3/t17-,21-/m0/s1. The molecule has 0 radical (unpaired) electrons. The Bertz CT molecular complexity index is 1100. The monoisotopic (exact) mass is 401 g/mol. The minimum Gasteiger partial charge on any atom is -0.378 e. The van der Waals surface area contributed by atoms with Crippen molar-refractivity contribution in [1.82, 2.24) is 0 Å². The van der Waals surface area contributed by atoms with Gasteiger partial charge in [-0.3, -0.25) is 14.9 Å². The van der Waals surface area contributed by atoms with Gasteiger partial charge in [0.25, 0.3) is 11.6 Å². The first-order valence-corrected chi connectivity index (χ1v) is 9.95. The van der Waals surface area contributed by atoms with Crippen LogP contribution in [0.5, 0.6) is 0 Å². The molecular formula is C24H23N3O3. The first kappa shape index (κ1) is 19.6. The van der Waals surface area contributed by atoms with Crippen molar-refractivity contribution in [2.75, 3.05) is 10.2 Å². The first-order valence-electron chi connectivity index (χ1n) is 9.95. The topological polar surface area (TPSA) is 75.5 Å². The predicted molar refractivity (Wildman–Crippen MR) is 118 cm³/mol. The molecule has 6 heteroatoms. The van der Waals surface area contributed by atoms with Gasteiger partial charge in [-0.05, 0) is 50.1 Å². The Hall–Kier alpha value is -3.67. The van der Waals surface area contributed by atoms with Gasteiger partial charge >= 0.3 is 0 Å². The number of benzene rings is 3. The van der Waals surface area contributed by atoms with Crippen molar-refractivity contribution in [2.24, 2.45) is 0 Å². The van der Waals surface area contributed by atoms with Gasteiger partial charge in [0.2, 0.25) is 0 Å². The van der Waals surface area contributed by atoms with Crippen LogP contribution < -0.4 is 10.2 Å². The molecule has 1 aliphatic rings. The van der Waals surface area contributed by atoms with Crippen LogP contribution in [0.25, 0.3) is 0 Å². The molecule has 0 fully saturated rings. The Balaban J connectivity index is 1.70. The molecule has 0 aliphatic carbocycles. The molecule has 3 aromatic carbocycles. The maximum Gasteiger partial charge on any atom is 0.273 e. The van der Waals surface area contributed by atoms with Gasteiger partial charge in [0.05, 0.1) is 11.0 Å². The smallest absolute Gasteiger partial charge is 0.273 e. The summed E-state index contributed by atoms with van der Waals surface area (Å²) in [4.78, 5) is 26.0. The van der Waals surface area contributed by atoms with E-state index in [1.165, 1.54) is 6.07 Å². The van der Waals surface area contributed by atoms with Crippen LogP contribution in [0.2, 0.25) is 0 Å². The van der Waals surface area contributed by atoms with Gasteiger partial charge in [-0.25, -0.2) is 0 Å². The lowest BCUT2D eigenvalue weighted by atomic mass is 9.90. The van der Waals surface area contributed by atoms with E-state index in [0.29, 0.717) is 11.1 Å². The summed E-state index contributed by atoms with van der Waals surface area (Å²) in [6.07, 6.45) is 0.728. The van der Waals surface area contributed by atoms with E-state index in [4.69, 9.17) is 0 Å². The van der Waals surface area contributed by atoms with E-state index in [1.807, 2.05) is 61.5 Å². The SMILES string of the molecule is Cc1ccc(C(=O)N2c3ccccc3[C@@H](Nc3ccccc3)C[C@@H]2C)cc1[N+](=O)[O-]. The van der Waals surface area contributed by atoms with Crippen LogP contribution in [0.3, 0.4) is 0 Å². The molecular weight excluding hydrogens is 378 g/mol. The van der Waals surface area contributed by atoms with Crippen molar-refractivity contribution in [2.45, 2.75) is 32.4 Å². The Morgan fingerprint density at radius 1 is 1.07 bits per heavy atom. The van der Waals surface area contributed by atoms with Crippen molar-refractivity contribution in [1.29, 1.82) is 0 Å². The van der Waals surface area contributed by atoms with Gasteiger partial charge in [-0.2, -0.15) is 0 Å². The van der Waals surface area contributed by atoms with E-state index in [9.17, 15) is 14.9 Å². The summed E-state index contributed by atoms with van der Waals surface area (Å²) in [5, 5.41) is 14.9. The van der Waals surface area contributed by atoms with Crippen LogP contribution in [0.1, 0.15) is 40.9 Å². The molecule has 6 nitrogen and oxygen atoms in total. The van der Waals surface area contributed by atoms with Crippen molar-refractivity contribution < 1.29 is 9.72 Å². The molecule has 1 heterocycles. The number of aryl methyl sites for hydroxylation is 1. The highest BCUT2D eigenvalue weighted by Crippen LogP contribution is 2.39. The number of nitrogens with one attached hydrogen (secondary N) is 1. The third-order valence-electron chi connectivity index (χ3n) is 5.58. The zero-order valence-electron chi connectivity index (χ0n) is 16.9. The number of carbonyl (C=O) groups excluding carboxylic acids is 1. The second-order valence-corrected chi connectivity index (χ2v) is 7.64. The zero-order chi connectivity index (χ0) is 21.3. The molecule has 0 saturated carbocycles. The van der Waals surface area contributed by atoms with Crippen LogP contribution in [-0.2, 0) is 0 Å². The average Bonchev–Trinajstić information content (AvgIpc) is 2.74. The summed E-state index contributed by atoms with van der Waals surface area (Å²) in [5.41, 5.74) is 3.72. The molecule has 0 saturated heterocycles. The summed E-state index contributed by atoms with van der Waals surface area (Å²) in [6.45, 7) is 3.68. The number of hydrogen-bond acceptors (Lipinski definition) is 4. The number of carbonyl (C=O) groups is 1. The summed E-state index contributed by atoms with van der Waals surface area (Å²) in [5.74, 6) is -0.226. The van der Waals surface area contributed by atoms with Crippen LogP contribution >= 0.6 is 0 Å². The largest absolute Gasteiger partial charge is 0.378 e. The Kier molecular flexibility index (Phi) is 5.23. The Morgan fingerprint density at radius 3 is 2.50 bits per heavy atom. The van der Waals surface area contributed by atoms with Crippen molar-refractivity contribution >= 4 is 23.0 Å². The van der Waals surface area contributed by atoms with Gasteiger partial charge in [-0.15, -0.1) is 0 Å². The quantitative estimate of drug-likeness (QED) is 0.463. The molecule has 1 amide bonds. The van der Waals surface area contributed by atoms with Crippen LogP contribution in [-0.4, -0.2) is 16.9 Å². The maximum absolute atomic E-state index is 13.4. The lowest BCUT2D eigenvalue weighted by molar-refractivity contribution is -0.385. The second-order valence-electron chi connectivity index (χ2n) is 7.64. The van der Waals surface area contributed by atoms with E-state index < -0.39 is 4.92 Å². The fourth-order valence-electron chi connectivity index (χ4n) is 4.07. The van der Waals surface area contributed by atoms with Gasteiger partial charge < -0.3 is 10.2 Å². The van der Waals surface area contributed by atoms with E-state index in [0.717, 1.165) is 23.4 Å². The number of nitrogens with zero attached hydrogens (tertiary/aromatic N) is 2. The van der Waals surface area contributed by atoms with Gasteiger partial charge in [0.1, 0.15) is 0 Å². The van der Waals surface area contributed by atoms with Crippen molar-refractivity contribution in [3.8, 4) is 0 Å². The number of para-hydroxylation sites is 2. The van der Waals surface area contributed by atoms with E-state index in [1.54, 1.807) is 24.0 Å². The molecule has 30 heavy (non-hydrogen) atoms. The van der Waals surface area contributed by atoms with Gasteiger partial charge in [0, 0.05) is 34.6 Å². The number of anilines is 2. The van der Waals surface area contributed by atoms with Crippen LogP contribution in [0.15, 0.2) is 72.8 Å². The number of nitro groups is 1. The Morgan fingerprint density at radius 2 is 1.77 bits per heavy atom.